The first kappa shape index (κ1) is 23.5. The van der Waals surface area contributed by atoms with E-state index >= 15 is 0 Å². The number of pyridine rings is 1. The molecular formula is C25H24F2N6O3. The molecule has 186 valence electrons. The average Bonchev–Trinajstić information content (AvgIpc) is 3.34. The minimum absolute atomic E-state index is 0.0426. The topological polar surface area (TPSA) is 103 Å². The fourth-order valence-corrected chi connectivity index (χ4v) is 4.62. The van der Waals surface area contributed by atoms with E-state index < -0.39 is 12.5 Å². The summed E-state index contributed by atoms with van der Waals surface area (Å²) in [6.07, 6.45) is 0. The summed E-state index contributed by atoms with van der Waals surface area (Å²) in [7, 11) is 1.80. The zero-order valence-electron chi connectivity index (χ0n) is 20.1. The lowest BCUT2D eigenvalue weighted by molar-refractivity contribution is -0.0493. The van der Waals surface area contributed by atoms with Gasteiger partial charge in [-0.2, -0.15) is 13.9 Å². The van der Waals surface area contributed by atoms with Gasteiger partial charge in [-0.15, -0.1) is 0 Å². The van der Waals surface area contributed by atoms with Crippen molar-refractivity contribution in [2.24, 2.45) is 7.05 Å². The predicted molar refractivity (Wildman–Crippen MR) is 129 cm³/mol. The highest BCUT2D eigenvalue weighted by atomic mass is 19.3. The highest BCUT2D eigenvalue weighted by molar-refractivity contribution is 6.05. The highest BCUT2D eigenvalue weighted by Crippen LogP contribution is 2.35. The summed E-state index contributed by atoms with van der Waals surface area (Å²) in [6.45, 7) is 3.02. The van der Waals surface area contributed by atoms with Gasteiger partial charge in [-0.1, -0.05) is 6.07 Å². The third-order valence-electron chi connectivity index (χ3n) is 6.39. The van der Waals surface area contributed by atoms with Gasteiger partial charge in [0.1, 0.15) is 22.8 Å². The SMILES string of the molecule is Cc1nn(C)c(C)c1-c1ccc(NC(=O)c2ccc3cc4n(c3n2)[C@H](C)CNC4=O)c(OC(F)F)c1. The first-order valence-corrected chi connectivity index (χ1v) is 11.3. The van der Waals surface area contributed by atoms with E-state index in [4.69, 9.17) is 4.74 Å². The monoisotopic (exact) mass is 494 g/mol. The van der Waals surface area contributed by atoms with Gasteiger partial charge in [0, 0.05) is 30.2 Å². The minimum Gasteiger partial charge on any atom is -0.433 e. The summed E-state index contributed by atoms with van der Waals surface area (Å²) in [5.41, 5.74) is 4.17. The zero-order chi connectivity index (χ0) is 25.7. The maximum absolute atomic E-state index is 13.2. The molecule has 5 rings (SSSR count). The second-order valence-electron chi connectivity index (χ2n) is 8.78. The van der Waals surface area contributed by atoms with Crippen molar-refractivity contribution in [1.29, 1.82) is 0 Å². The number of alkyl halides is 2. The highest BCUT2D eigenvalue weighted by Gasteiger charge is 2.26. The number of nitrogens with zero attached hydrogens (tertiary/aromatic N) is 4. The maximum atomic E-state index is 13.2. The summed E-state index contributed by atoms with van der Waals surface area (Å²) in [5, 5.41) is 10.5. The van der Waals surface area contributed by atoms with Crippen LogP contribution < -0.4 is 15.4 Å². The summed E-state index contributed by atoms with van der Waals surface area (Å²) in [4.78, 5) is 29.8. The number of hydrogen-bond acceptors (Lipinski definition) is 5. The molecule has 0 aliphatic carbocycles. The lowest BCUT2D eigenvalue weighted by Gasteiger charge is -2.23. The third-order valence-corrected chi connectivity index (χ3v) is 6.39. The first-order chi connectivity index (χ1) is 17.1. The molecule has 0 spiro atoms. The lowest BCUT2D eigenvalue weighted by atomic mass is 10.0. The van der Waals surface area contributed by atoms with Crippen LogP contribution >= 0.6 is 0 Å². The van der Waals surface area contributed by atoms with Gasteiger partial charge >= 0.3 is 6.61 Å². The molecule has 0 bridgehead atoms. The molecular weight excluding hydrogens is 470 g/mol. The number of anilines is 1. The van der Waals surface area contributed by atoms with E-state index in [0.29, 0.717) is 23.4 Å². The average molecular weight is 495 g/mol. The minimum atomic E-state index is -3.08. The molecule has 1 aliphatic heterocycles. The Hall–Kier alpha value is -4.28. The molecule has 0 unspecified atom stereocenters. The van der Waals surface area contributed by atoms with E-state index in [1.54, 1.807) is 34.5 Å². The van der Waals surface area contributed by atoms with Crippen LogP contribution in [0.4, 0.5) is 14.5 Å². The Bertz CT molecular complexity index is 1520. The number of aryl methyl sites for hydroxylation is 2. The maximum Gasteiger partial charge on any atom is 0.387 e. The Morgan fingerprint density at radius 3 is 2.69 bits per heavy atom. The van der Waals surface area contributed by atoms with Crippen molar-refractivity contribution in [3.8, 4) is 16.9 Å². The molecule has 0 saturated carbocycles. The van der Waals surface area contributed by atoms with Gasteiger partial charge < -0.3 is 19.9 Å². The quantitative estimate of drug-likeness (QED) is 0.433. The van der Waals surface area contributed by atoms with Crippen molar-refractivity contribution >= 4 is 28.5 Å². The van der Waals surface area contributed by atoms with E-state index in [9.17, 15) is 18.4 Å². The normalized spacial score (nSPS) is 15.2. The van der Waals surface area contributed by atoms with Crippen LogP contribution in [0, 0.1) is 13.8 Å². The third kappa shape index (κ3) is 3.96. The van der Waals surface area contributed by atoms with Gasteiger partial charge in [0.25, 0.3) is 11.8 Å². The van der Waals surface area contributed by atoms with Crippen LogP contribution in [0.1, 0.15) is 45.3 Å². The van der Waals surface area contributed by atoms with Crippen molar-refractivity contribution in [2.75, 3.05) is 11.9 Å². The van der Waals surface area contributed by atoms with E-state index in [0.717, 1.165) is 22.3 Å². The van der Waals surface area contributed by atoms with Crippen molar-refractivity contribution in [3.05, 3.63) is 59.2 Å². The summed E-state index contributed by atoms with van der Waals surface area (Å²) in [5.74, 6) is -0.976. The number of carbonyl (C=O) groups is 2. The van der Waals surface area contributed by atoms with Gasteiger partial charge in [0.05, 0.1) is 17.4 Å². The number of aromatic nitrogens is 4. The predicted octanol–water partition coefficient (Wildman–Crippen LogP) is 4.21. The molecule has 0 fully saturated rings. The second-order valence-corrected chi connectivity index (χ2v) is 8.78. The molecule has 0 saturated heterocycles. The molecule has 1 atom stereocenters. The molecule has 4 aromatic rings. The van der Waals surface area contributed by atoms with Crippen LogP contribution in [0.25, 0.3) is 22.2 Å². The molecule has 0 radical (unpaired) electrons. The molecule has 1 aliphatic rings. The number of benzene rings is 1. The van der Waals surface area contributed by atoms with Gasteiger partial charge in [-0.05, 0) is 56.7 Å². The van der Waals surface area contributed by atoms with Crippen LogP contribution in [-0.2, 0) is 7.05 Å². The van der Waals surface area contributed by atoms with E-state index in [2.05, 4.69) is 20.7 Å². The van der Waals surface area contributed by atoms with Crippen LogP contribution in [0.15, 0.2) is 36.4 Å². The molecule has 36 heavy (non-hydrogen) atoms. The fourth-order valence-electron chi connectivity index (χ4n) is 4.62. The Kier molecular flexibility index (Phi) is 5.70. The van der Waals surface area contributed by atoms with E-state index in [1.165, 1.54) is 18.2 Å². The Balaban J connectivity index is 1.50. The van der Waals surface area contributed by atoms with Gasteiger partial charge in [-0.3, -0.25) is 14.3 Å². The lowest BCUT2D eigenvalue weighted by Crippen LogP contribution is -2.37. The smallest absolute Gasteiger partial charge is 0.387 e. The number of hydrogen-bond donors (Lipinski definition) is 2. The number of carbonyl (C=O) groups excluding carboxylic acids is 2. The summed E-state index contributed by atoms with van der Waals surface area (Å²) >= 11 is 0. The number of nitrogens with one attached hydrogen (secondary N) is 2. The van der Waals surface area contributed by atoms with Crippen LogP contribution in [0.5, 0.6) is 5.75 Å². The van der Waals surface area contributed by atoms with Gasteiger partial charge in [0.15, 0.2) is 0 Å². The van der Waals surface area contributed by atoms with Crippen molar-refractivity contribution in [3.63, 3.8) is 0 Å². The summed E-state index contributed by atoms with van der Waals surface area (Å²) < 4.78 is 34.7. The molecule has 3 aromatic heterocycles. The first-order valence-electron chi connectivity index (χ1n) is 11.3. The largest absolute Gasteiger partial charge is 0.433 e. The standard InChI is InChI=1S/C25H24F2N6O3/c1-12-11-28-24(35)19-9-16-6-8-18(29-22(16)33(12)19)23(34)30-17-7-5-15(10-20(17)36-25(26)27)21-13(2)31-32(4)14(21)3/h5-10,12,25H,11H2,1-4H3,(H,28,35)(H,30,34)/t12-/m1/s1. The Morgan fingerprint density at radius 2 is 2.00 bits per heavy atom. The number of fused-ring (bicyclic) bond motifs is 3. The summed E-state index contributed by atoms with van der Waals surface area (Å²) in [6, 6.07) is 9.60. The van der Waals surface area contributed by atoms with Gasteiger partial charge in [-0.25, -0.2) is 4.98 Å². The van der Waals surface area contributed by atoms with Crippen molar-refractivity contribution < 1.29 is 23.1 Å². The van der Waals surface area contributed by atoms with Crippen LogP contribution in [0.3, 0.4) is 0 Å². The molecule has 2 amide bonds. The van der Waals surface area contributed by atoms with E-state index in [-0.39, 0.29) is 29.1 Å². The number of halogens is 2. The second kappa shape index (κ2) is 8.74. The molecule has 11 heteroatoms. The Morgan fingerprint density at radius 1 is 1.22 bits per heavy atom. The van der Waals surface area contributed by atoms with Crippen LogP contribution in [-0.4, -0.2) is 44.3 Å². The number of amides is 2. The van der Waals surface area contributed by atoms with Crippen molar-refractivity contribution in [2.45, 2.75) is 33.4 Å². The zero-order valence-corrected chi connectivity index (χ0v) is 20.1. The number of ether oxygens (including phenoxy) is 1. The molecule has 2 N–H and O–H groups in total. The molecule has 1 aromatic carbocycles. The number of rotatable bonds is 5. The van der Waals surface area contributed by atoms with Gasteiger partial charge in [0.2, 0.25) is 0 Å². The Labute approximate surface area is 205 Å². The van der Waals surface area contributed by atoms with Crippen molar-refractivity contribution in [1.82, 2.24) is 24.6 Å². The molecule has 9 nitrogen and oxygen atoms in total. The fraction of sp³-hybridized carbons (Fsp3) is 0.280. The molecule has 4 heterocycles. The van der Waals surface area contributed by atoms with Crippen LogP contribution in [0.2, 0.25) is 0 Å². The van der Waals surface area contributed by atoms with E-state index in [1.807, 2.05) is 20.8 Å².